The van der Waals surface area contributed by atoms with Gasteiger partial charge in [-0.25, -0.2) is 4.98 Å². The predicted molar refractivity (Wildman–Crippen MR) is 120 cm³/mol. The maximum absolute atomic E-state index is 6.60. The molecule has 140 valence electrons. The van der Waals surface area contributed by atoms with Crippen LogP contribution in [0.25, 0.3) is 11.8 Å². The van der Waals surface area contributed by atoms with E-state index in [9.17, 15) is 0 Å². The molecule has 0 saturated heterocycles. The highest BCUT2D eigenvalue weighted by Crippen LogP contribution is 2.22. The predicted octanol–water partition coefficient (Wildman–Crippen LogP) is 4.45. The monoisotopic (exact) mass is 396 g/mol. The third-order valence-electron chi connectivity index (χ3n) is 4.46. The average Bonchev–Trinajstić information content (AvgIpc) is 2.79. The maximum Gasteiger partial charge on any atom is 0.426 e. The molecule has 0 amide bonds. The SMILES string of the molecule is Clc1nccnc1/C=C(\OB(c1ccccc1)c1ccccc1)c1ccccc1. The van der Waals surface area contributed by atoms with Crippen molar-refractivity contribution in [2.24, 2.45) is 0 Å². The van der Waals surface area contributed by atoms with Gasteiger partial charge in [-0.15, -0.1) is 0 Å². The van der Waals surface area contributed by atoms with Gasteiger partial charge in [0.15, 0.2) is 5.15 Å². The summed E-state index contributed by atoms with van der Waals surface area (Å²) in [5.74, 6) is 0.672. The summed E-state index contributed by atoms with van der Waals surface area (Å²) >= 11 is 6.25. The molecule has 0 aliphatic rings. The average molecular weight is 397 g/mol. The second-order valence-electron chi connectivity index (χ2n) is 6.43. The molecule has 0 atom stereocenters. The van der Waals surface area contributed by atoms with Gasteiger partial charge in [0.1, 0.15) is 11.5 Å². The first-order chi connectivity index (χ1) is 14.3. The van der Waals surface area contributed by atoms with Crippen molar-refractivity contribution in [1.82, 2.24) is 9.97 Å². The first-order valence-corrected chi connectivity index (χ1v) is 9.69. The van der Waals surface area contributed by atoms with Gasteiger partial charge in [0.25, 0.3) is 0 Å². The first kappa shape index (κ1) is 19.0. The Labute approximate surface area is 175 Å². The van der Waals surface area contributed by atoms with Crippen LogP contribution in [0.5, 0.6) is 0 Å². The molecule has 29 heavy (non-hydrogen) atoms. The summed E-state index contributed by atoms with van der Waals surface area (Å²) < 4.78 is 6.60. The Balaban J connectivity index is 1.80. The number of hydrogen-bond donors (Lipinski definition) is 0. The number of aromatic nitrogens is 2. The zero-order valence-electron chi connectivity index (χ0n) is 15.7. The summed E-state index contributed by atoms with van der Waals surface area (Å²) in [5.41, 5.74) is 3.62. The van der Waals surface area contributed by atoms with Gasteiger partial charge in [-0.3, -0.25) is 4.98 Å². The Morgan fingerprint density at radius 3 is 1.79 bits per heavy atom. The second kappa shape index (κ2) is 9.22. The van der Waals surface area contributed by atoms with Crippen molar-refractivity contribution >= 4 is 41.3 Å². The van der Waals surface area contributed by atoms with Gasteiger partial charge in [0, 0.05) is 24.0 Å². The van der Waals surface area contributed by atoms with Gasteiger partial charge < -0.3 is 4.65 Å². The van der Waals surface area contributed by atoms with Crippen molar-refractivity contribution in [1.29, 1.82) is 0 Å². The Morgan fingerprint density at radius 2 is 1.24 bits per heavy atom. The van der Waals surface area contributed by atoms with Crippen molar-refractivity contribution in [3.05, 3.63) is 120 Å². The minimum atomic E-state index is -0.278. The molecule has 0 aliphatic heterocycles. The molecule has 0 unspecified atom stereocenters. The van der Waals surface area contributed by atoms with E-state index in [4.69, 9.17) is 16.3 Å². The molecule has 3 aromatic carbocycles. The fraction of sp³-hybridized carbons (Fsp3) is 0. The number of hydrogen-bond acceptors (Lipinski definition) is 3. The lowest BCUT2D eigenvalue weighted by Gasteiger charge is -2.19. The second-order valence-corrected chi connectivity index (χ2v) is 6.78. The van der Waals surface area contributed by atoms with E-state index in [1.165, 1.54) is 0 Å². The quantitative estimate of drug-likeness (QED) is 0.357. The Kier molecular flexibility index (Phi) is 6.03. The van der Waals surface area contributed by atoms with Crippen LogP contribution in [-0.2, 0) is 4.65 Å². The van der Waals surface area contributed by atoms with Gasteiger partial charge >= 0.3 is 6.92 Å². The third kappa shape index (κ3) is 4.73. The molecule has 0 spiro atoms. The van der Waals surface area contributed by atoms with Gasteiger partial charge in [-0.05, 0) is 10.9 Å². The van der Waals surface area contributed by atoms with Crippen molar-refractivity contribution < 1.29 is 4.65 Å². The molecular weight excluding hydrogens is 379 g/mol. The summed E-state index contributed by atoms with van der Waals surface area (Å²) in [6.45, 7) is -0.278. The Hall–Kier alpha value is -3.37. The summed E-state index contributed by atoms with van der Waals surface area (Å²) in [4.78, 5) is 8.47. The van der Waals surface area contributed by atoms with Crippen LogP contribution in [0, 0.1) is 0 Å². The molecule has 5 heteroatoms. The van der Waals surface area contributed by atoms with Gasteiger partial charge in [0.2, 0.25) is 0 Å². The Morgan fingerprint density at radius 1 is 0.724 bits per heavy atom. The van der Waals surface area contributed by atoms with E-state index in [-0.39, 0.29) is 6.92 Å². The normalized spacial score (nSPS) is 11.1. The molecule has 4 aromatic rings. The van der Waals surface area contributed by atoms with E-state index in [0.29, 0.717) is 16.6 Å². The maximum atomic E-state index is 6.60. The van der Waals surface area contributed by atoms with Crippen LogP contribution in [0.4, 0.5) is 0 Å². The minimum absolute atomic E-state index is 0.278. The molecule has 0 bridgehead atoms. The van der Waals surface area contributed by atoms with Crippen LogP contribution >= 0.6 is 11.6 Å². The zero-order chi connectivity index (χ0) is 19.9. The van der Waals surface area contributed by atoms with Crippen LogP contribution < -0.4 is 10.9 Å². The molecule has 0 fully saturated rings. The molecule has 0 saturated carbocycles. The van der Waals surface area contributed by atoms with Crippen LogP contribution in [0.15, 0.2) is 103 Å². The van der Waals surface area contributed by atoms with Gasteiger partial charge in [0.05, 0.1) is 0 Å². The van der Waals surface area contributed by atoms with Crippen molar-refractivity contribution in [2.45, 2.75) is 0 Å². The largest absolute Gasteiger partial charge is 0.551 e. The first-order valence-electron chi connectivity index (χ1n) is 9.31. The lowest BCUT2D eigenvalue weighted by atomic mass is 9.55. The highest BCUT2D eigenvalue weighted by Gasteiger charge is 2.24. The summed E-state index contributed by atoms with van der Waals surface area (Å²) in [7, 11) is 0. The smallest absolute Gasteiger partial charge is 0.426 e. The highest BCUT2D eigenvalue weighted by molar-refractivity contribution is 6.80. The molecule has 1 heterocycles. The third-order valence-corrected chi connectivity index (χ3v) is 4.75. The number of nitrogens with zero attached hydrogens (tertiary/aromatic N) is 2. The molecule has 3 nitrogen and oxygen atoms in total. The van der Waals surface area contributed by atoms with Crippen molar-refractivity contribution in [3.63, 3.8) is 0 Å². The van der Waals surface area contributed by atoms with E-state index < -0.39 is 0 Å². The molecular formula is C24H18BClN2O. The molecule has 1 aromatic heterocycles. The highest BCUT2D eigenvalue weighted by atomic mass is 35.5. The van der Waals surface area contributed by atoms with Gasteiger partial charge in [-0.1, -0.05) is 103 Å². The van der Waals surface area contributed by atoms with E-state index in [2.05, 4.69) is 34.2 Å². The fourth-order valence-corrected chi connectivity index (χ4v) is 3.21. The Bertz CT molecular complexity index is 1050. The van der Waals surface area contributed by atoms with Gasteiger partial charge in [-0.2, -0.15) is 0 Å². The van der Waals surface area contributed by atoms with Crippen molar-refractivity contribution in [3.8, 4) is 0 Å². The molecule has 4 rings (SSSR count). The van der Waals surface area contributed by atoms with Crippen LogP contribution in [0.3, 0.4) is 0 Å². The van der Waals surface area contributed by atoms with Crippen molar-refractivity contribution in [2.75, 3.05) is 0 Å². The molecule has 0 aliphatic carbocycles. The summed E-state index contributed by atoms with van der Waals surface area (Å²) in [6, 6.07) is 30.2. The van der Waals surface area contributed by atoms with Crippen LogP contribution in [-0.4, -0.2) is 16.9 Å². The van der Waals surface area contributed by atoms with E-state index in [0.717, 1.165) is 16.5 Å². The number of halogens is 1. The topological polar surface area (TPSA) is 35.0 Å². The van der Waals surface area contributed by atoms with E-state index >= 15 is 0 Å². The number of benzene rings is 3. The molecule has 0 radical (unpaired) electrons. The minimum Gasteiger partial charge on any atom is -0.551 e. The lowest BCUT2D eigenvalue weighted by Crippen LogP contribution is -2.44. The zero-order valence-corrected chi connectivity index (χ0v) is 16.4. The molecule has 0 N–H and O–H groups in total. The fourth-order valence-electron chi connectivity index (χ4n) is 3.05. The number of rotatable bonds is 6. The van der Waals surface area contributed by atoms with E-state index in [1.54, 1.807) is 12.4 Å². The van der Waals surface area contributed by atoms with Crippen LogP contribution in [0.1, 0.15) is 11.3 Å². The standard InChI is InChI=1S/C24H18BClN2O/c26-24-22(27-16-17-28-24)18-23(19-10-4-1-5-11-19)29-25(20-12-6-2-7-13-20)21-14-8-3-9-15-21/h1-18H/b23-18-. The summed E-state index contributed by atoms with van der Waals surface area (Å²) in [6.07, 6.45) is 5.02. The summed E-state index contributed by atoms with van der Waals surface area (Å²) in [5, 5.41) is 0.334. The van der Waals surface area contributed by atoms with Crippen LogP contribution in [0.2, 0.25) is 5.15 Å². The van der Waals surface area contributed by atoms with E-state index in [1.807, 2.05) is 72.8 Å². The lowest BCUT2D eigenvalue weighted by molar-refractivity contribution is 0.551.